The summed E-state index contributed by atoms with van der Waals surface area (Å²) in [7, 11) is 0. The topological polar surface area (TPSA) is 196 Å². The molecular formula is C133H77N13. The highest BCUT2D eigenvalue weighted by Gasteiger charge is 2.29. The van der Waals surface area contributed by atoms with Crippen LogP contribution >= 0.6 is 0 Å². The molecule has 27 aromatic rings. The van der Waals surface area contributed by atoms with E-state index < -0.39 is 0 Å². The van der Waals surface area contributed by atoms with Crippen molar-refractivity contribution in [2.75, 3.05) is 0 Å². The maximum absolute atomic E-state index is 10.1. The molecule has 0 radical (unpaired) electrons. The van der Waals surface area contributed by atoms with Gasteiger partial charge in [-0.25, -0.2) is 0 Å². The van der Waals surface area contributed by atoms with E-state index in [1.54, 1.807) is 0 Å². The third kappa shape index (κ3) is 14.2. The van der Waals surface area contributed by atoms with Crippen LogP contribution < -0.4 is 0 Å². The van der Waals surface area contributed by atoms with Crippen molar-refractivity contribution in [2.24, 2.45) is 0 Å². The molecule has 6 aromatic heterocycles. The molecule has 0 aliphatic rings. The van der Waals surface area contributed by atoms with Gasteiger partial charge in [-0.3, -0.25) is 0 Å². The van der Waals surface area contributed by atoms with E-state index in [9.17, 15) is 36.8 Å². The Morgan fingerprint density at radius 1 is 0.137 bits per heavy atom. The standard InChI is InChI=1S/C45H25N5.2C44H26N4/c46-26-29-10-7-12-32(24-29)49-41-20-6-4-15-35(41)38-18-8-17-37(45(38)49)34-14-3-2-13-33(34)36-16-9-21-43-44(36)39-25-30(27-47)22-23-42(39)50(43)40-19-5-1-11-31(40)28-48;45-27-29-11-8-14-32(25-29)47-41-24-23-30(28-46)26-39(41)43-36(18-10-22-42(43)47)33-15-4-5-16-34(33)37-19-9-20-38-35-17-6-7-21-40(35)48(44(37)38)31-12-2-1-3-13-31;45-27-29-20-23-32(24-21-29)47-41-25-22-30(28-46)26-39(41)43-36(15-9-19-42(43)47)33-12-4-5-13-34(33)37-16-8-17-38-35-14-6-7-18-40(35)48(44(37)38)31-10-2-1-3-11-31/h1-25H;2*1-26H. The molecule has 13 nitrogen and oxygen atoms in total. The van der Waals surface area contributed by atoms with Gasteiger partial charge < -0.3 is 27.4 Å². The molecule has 6 heterocycles. The van der Waals surface area contributed by atoms with Crippen LogP contribution in [0.3, 0.4) is 0 Å². The summed E-state index contributed by atoms with van der Waals surface area (Å²) in [5, 5.41) is 82.0. The summed E-state index contributed by atoms with van der Waals surface area (Å²) in [6, 6.07) is 176. The molecule has 0 aliphatic carbocycles. The summed E-state index contributed by atoms with van der Waals surface area (Å²) in [5.41, 5.74) is 35.8. The van der Waals surface area contributed by atoms with Gasteiger partial charge in [0.2, 0.25) is 0 Å². The predicted octanol–water partition coefficient (Wildman–Crippen LogP) is 32.7. The SMILES string of the molecule is N#Cc1ccc(-n2c3ccc(C#N)cc3c3c(-c4ccccc4-c4cccc5c6ccccc6n(-c6ccccc6)c45)cccc32)cc1.N#Cc1cccc(-n2c3ccc(C#N)cc3c3c(-c4ccccc4-c4cccc5c6ccccc6n(-c6ccccc6)c45)cccc32)c1.N#Cc1cccc(-n2c3ccccc3c3cccc(-c4ccccc4-c4cccc5c4c4cc(C#N)ccc4n5-c4ccccc4C#N)c32)c1. The van der Waals surface area contributed by atoms with E-state index in [1.165, 1.54) is 27.1 Å². The van der Waals surface area contributed by atoms with Gasteiger partial charge in [0.1, 0.15) is 6.07 Å². The minimum absolute atomic E-state index is 0.571. The summed E-state index contributed by atoms with van der Waals surface area (Å²) in [4.78, 5) is 0. The minimum atomic E-state index is 0.571. The number of fused-ring (bicyclic) bond motifs is 18. The van der Waals surface area contributed by atoms with Gasteiger partial charge in [0.05, 0.1) is 147 Å². The molecule has 0 unspecified atom stereocenters. The second-order valence-electron chi connectivity index (χ2n) is 36.2. The number of aromatic nitrogens is 6. The Hall–Kier alpha value is -21.1. The van der Waals surface area contributed by atoms with E-state index in [4.69, 9.17) is 0 Å². The largest absolute Gasteiger partial charge is 0.309 e. The molecule has 21 aromatic carbocycles. The fourth-order valence-corrected chi connectivity index (χ4v) is 22.3. The Morgan fingerprint density at radius 2 is 0.384 bits per heavy atom. The average Bonchev–Trinajstić information content (AvgIpc) is 1.56. The Morgan fingerprint density at radius 3 is 0.767 bits per heavy atom. The van der Waals surface area contributed by atoms with Crippen LogP contribution in [-0.4, -0.2) is 27.4 Å². The Balaban J connectivity index is 0.000000114. The van der Waals surface area contributed by atoms with Crippen molar-refractivity contribution in [1.29, 1.82) is 36.8 Å². The highest BCUT2D eigenvalue weighted by molar-refractivity contribution is 6.24. The van der Waals surface area contributed by atoms with Gasteiger partial charge >= 0.3 is 0 Å². The van der Waals surface area contributed by atoms with Crippen LogP contribution in [0, 0.1) is 79.3 Å². The third-order valence-electron chi connectivity index (χ3n) is 28.4. The van der Waals surface area contributed by atoms with Gasteiger partial charge in [0.15, 0.2) is 0 Å². The number of nitrogens with zero attached hydrogens (tertiary/aromatic N) is 13. The van der Waals surface area contributed by atoms with Crippen molar-refractivity contribution in [1.82, 2.24) is 27.4 Å². The first-order valence-electron chi connectivity index (χ1n) is 48.1. The molecule has 0 saturated heterocycles. The molecule has 0 atom stereocenters. The zero-order valence-electron chi connectivity index (χ0n) is 78.3. The molecule has 0 N–H and O–H groups in total. The molecule has 674 valence electrons. The monoisotopic (exact) mass is 1860 g/mol. The predicted molar refractivity (Wildman–Crippen MR) is 591 cm³/mol. The van der Waals surface area contributed by atoms with Crippen molar-refractivity contribution in [2.45, 2.75) is 0 Å². The van der Waals surface area contributed by atoms with Crippen LogP contribution in [0.1, 0.15) is 38.9 Å². The van der Waals surface area contributed by atoms with Crippen LogP contribution in [0.25, 0.3) is 232 Å². The fourth-order valence-electron chi connectivity index (χ4n) is 22.3. The first-order chi connectivity index (χ1) is 72.2. The van der Waals surface area contributed by atoms with Crippen LogP contribution in [0.15, 0.2) is 467 Å². The number of hydrogen-bond donors (Lipinski definition) is 0. The molecule has 0 spiro atoms. The van der Waals surface area contributed by atoms with Gasteiger partial charge in [-0.1, -0.05) is 279 Å². The van der Waals surface area contributed by atoms with Crippen LogP contribution in [-0.2, 0) is 0 Å². The first-order valence-corrected chi connectivity index (χ1v) is 48.1. The third-order valence-corrected chi connectivity index (χ3v) is 28.4. The molecule has 0 aliphatic heterocycles. The highest BCUT2D eigenvalue weighted by atomic mass is 15.0. The van der Waals surface area contributed by atoms with Gasteiger partial charge in [0, 0.05) is 110 Å². The number of para-hydroxylation sites is 9. The summed E-state index contributed by atoms with van der Waals surface area (Å²) >= 11 is 0. The molecular weight excluding hydrogens is 1780 g/mol. The molecule has 0 fully saturated rings. The van der Waals surface area contributed by atoms with E-state index in [2.05, 4.69) is 391 Å². The second-order valence-corrected chi connectivity index (χ2v) is 36.2. The minimum Gasteiger partial charge on any atom is -0.309 e. The lowest BCUT2D eigenvalue weighted by atomic mass is 9.91. The number of hydrogen-bond acceptors (Lipinski definition) is 7. The summed E-state index contributed by atoms with van der Waals surface area (Å²) < 4.78 is 13.6. The van der Waals surface area contributed by atoms with Gasteiger partial charge in [0.25, 0.3) is 0 Å². The fraction of sp³-hybridized carbons (Fsp3) is 0. The zero-order valence-corrected chi connectivity index (χ0v) is 78.3. The maximum Gasteiger partial charge on any atom is 0.101 e. The highest BCUT2D eigenvalue weighted by Crippen LogP contribution is 2.51. The summed E-state index contributed by atoms with van der Waals surface area (Å²) in [5.74, 6) is 0. The van der Waals surface area contributed by atoms with Gasteiger partial charge in [-0.15, -0.1) is 0 Å². The molecule has 0 amide bonds. The number of rotatable bonds is 12. The molecule has 0 bridgehead atoms. The smallest absolute Gasteiger partial charge is 0.101 e. The van der Waals surface area contributed by atoms with E-state index >= 15 is 0 Å². The Labute approximate surface area is 838 Å². The van der Waals surface area contributed by atoms with Crippen molar-refractivity contribution in [3.8, 4) is 143 Å². The Bertz CT molecular complexity index is 10400. The Kier molecular flexibility index (Phi) is 21.3. The number of nitriles is 7. The van der Waals surface area contributed by atoms with Crippen molar-refractivity contribution in [3.63, 3.8) is 0 Å². The van der Waals surface area contributed by atoms with Crippen molar-refractivity contribution < 1.29 is 0 Å². The van der Waals surface area contributed by atoms with Gasteiger partial charge in [-0.05, 0) is 238 Å². The first kappa shape index (κ1) is 86.4. The zero-order chi connectivity index (χ0) is 98.2. The lowest BCUT2D eigenvalue weighted by molar-refractivity contribution is 1.17. The van der Waals surface area contributed by atoms with E-state index in [0.717, 1.165) is 205 Å². The van der Waals surface area contributed by atoms with Crippen molar-refractivity contribution in [3.05, 3.63) is 506 Å². The number of benzene rings is 21. The average molecular weight is 1860 g/mol. The maximum atomic E-state index is 10.1. The van der Waals surface area contributed by atoms with Gasteiger partial charge in [-0.2, -0.15) is 36.8 Å². The van der Waals surface area contributed by atoms with Crippen LogP contribution in [0.5, 0.6) is 0 Å². The lowest BCUT2D eigenvalue weighted by Crippen LogP contribution is -1.97. The summed E-state index contributed by atoms with van der Waals surface area (Å²) in [6.45, 7) is 0. The molecule has 13 heteroatoms. The van der Waals surface area contributed by atoms with E-state index in [-0.39, 0.29) is 0 Å². The molecule has 27 rings (SSSR count). The molecule has 146 heavy (non-hydrogen) atoms. The van der Waals surface area contributed by atoms with Crippen molar-refractivity contribution >= 4 is 131 Å². The van der Waals surface area contributed by atoms with E-state index in [1.807, 2.05) is 146 Å². The van der Waals surface area contributed by atoms with Crippen LogP contribution in [0.4, 0.5) is 0 Å². The molecule has 0 saturated carbocycles. The van der Waals surface area contributed by atoms with Crippen LogP contribution in [0.2, 0.25) is 0 Å². The normalized spacial score (nSPS) is 11.2. The summed E-state index contributed by atoms with van der Waals surface area (Å²) in [6.07, 6.45) is 0. The second kappa shape index (κ2) is 36.0. The lowest BCUT2D eigenvalue weighted by Gasteiger charge is -2.16. The van der Waals surface area contributed by atoms with E-state index in [0.29, 0.717) is 38.9 Å². The quantitative estimate of drug-likeness (QED) is 0.116.